The molecule has 1 aromatic carbocycles. The van der Waals surface area contributed by atoms with Gasteiger partial charge in [0, 0.05) is 39.4 Å². The molecule has 0 spiro atoms. The molecule has 0 fully saturated rings. The van der Waals surface area contributed by atoms with Crippen molar-refractivity contribution in [2.45, 2.75) is 47.1 Å². The van der Waals surface area contributed by atoms with E-state index < -0.39 is 0 Å². The van der Waals surface area contributed by atoms with E-state index >= 15 is 0 Å². The highest BCUT2D eigenvalue weighted by Crippen LogP contribution is 2.29. The van der Waals surface area contributed by atoms with Crippen LogP contribution in [0.15, 0.2) is 41.5 Å². The van der Waals surface area contributed by atoms with Crippen molar-refractivity contribution in [1.29, 1.82) is 0 Å². The fraction of sp³-hybridized carbons (Fsp3) is 0.478. The molecule has 0 aliphatic heterocycles. The average molecular weight is 411 g/mol. The second kappa shape index (κ2) is 11.9. The summed E-state index contributed by atoms with van der Waals surface area (Å²) >= 11 is 0. The summed E-state index contributed by atoms with van der Waals surface area (Å²) in [7, 11) is 1.81. The number of amides is 2. The minimum atomic E-state index is -0.104. The van der Waals surface area contributed by atoms with Crippen molar-refractivity contribution in [3.8, 4) is 0 Å². The lowest BCUT2D eigenvalue weighted by atomic mass is 10.2. The number of benzene rings is 1. The monoisotopic (exact) mass is 410 g/mol. The number of hydrogen-bond acceptors (Lipinski definition) is 5. The van der Waals surface area contributed by atoms with Crippen LogP contribution >= 0.6 is 0 Å². The zero-order chi connectivity index (χ0) is 21.9. The highest BCUT2D eigenvalue weighted by atomic mass is 16.2. The molecule has 0 unspecified atom stereocenters. The zero-order valence-corrected chi connectivity index (χ0v) is 18.9. The molecule has 7 nitrogen and oxygen atoms in total. The largest absolute Gasteiger partial charge is 0.341 e. The molecule has 0 saturated carbocycles. The van der Waals surface area contributed by atoms with Crippen LogP contribution in [0, 0.1) is 0 Å². The van der Waals surface area contributed by atoms with E-state index in [1.165, 1.54) is 0 Å². The number of urea groups is 1. The molecule has 1 heterocycles. The zero-order valence-electron chi connectivity index (χ0n) is 18.9. The van der Waals surface area contributed by atoms with Crippen molar-refractivity contribution >= 4 is 29.7 Å². The molecule has 0 bridgehead atoms. The number of rotatable bonds is 10. The lowest BCUT2D eigenvalue weighted by molar-refractivity contribution is 0.214. The highest BCUT2D eigenvalue weighted by Gasteiger charge is 2.23. The Morgan fingerprint density at radius 3 is 2.37 bits per heavy atom. The standard InChI is InChI=1S/C23H34N6O/c1-6-10-16-24-21-20(17-25-22(26-21)28(7-2)8-3)29(9-4)23(30)27(5)18-19-14-12-11-13-15-19/h11-17H,6-10,18H2,1-5H3. The lowest BCUT2D eigenvalue weighted by Gasteiger charge is -2.28. The summed E-state index contributed by atoms with van der Waals surface area (Å²) in [5.74, 6) is 1.16. The van der Waals surface area contributed by atoms with E-state index in [0.29, 0.717) is 30.5 Å². The third kappa shape index (κ3) is 6.02. The van der Waals surface area contributed by atoms with Crippen LogP contribution in [0.5, 0.6) is 0 Å². The number of nitrogens with zero attached hydrogens (tertiary/aromatic N) is 6. The van der Waals surface area contributed by atoms with Gasteiger partial charge in [-0.3, -0.25) is 4.90 Å². The van der Waals surface area contributed by atoms with E-state index in [-0.39, 0.29) is 6.03 Å². The van der Waals surface area contributed by atoms with Crippen LogP contribution < -0.4 is 9.80 Å². The summed E-state index contributed by atoms with van der Waals surface area (Å²) in [4.78, 5) is 32.5. The van der Waals surface area contributed by atoms with Gasteiger partial charge in [0.15, 0.2) is 5.82 Å². The van der Waals surface area contributed by atoms with Gasteiger partial charge in [-0.15, -0.1) is 0 Å². The number of carbonyl (C=O) groups is 1. The number of anilines is 2. The predicted octanol–water partition coefficient (Wildman–Crippen LogP) is 4.90. The van der Waals surface area contributed by atoms with Crippen LogP contribution in [0.25, 0.3) is 0 Å². The molecular weight excluding hydrogens is 376 g/mol. The van der Waals surface area contributed by atoms with Crippen molar-refractivity contribution in [2.24, 2.45) is 4.99 Å². The molecule has 0 saturated heterocycles. The summed E-state index contributed by atoms with van der Waals surface area (Å²) in [5.41, 5.74) is 1.71. The highest BCUT2D eigenvalue weighted by molar-refractivity contribution is 5.94. The Hall–Kier alpha value is -2.96. The van der Waals surface area contributed by atoms with Gasteiger partial charge in [0.2, 0.25) is 5.95 Å². The molecule has 1 aromatic heterocycles. The molecule has 0 atom stereocenters. The molecule has 2 aromatic rings. The van der Waals surface area contributed by atoms with Crippen LogP contribution in [0.2, 0.25) is 0 Å². The first-order valence-electron chi connectivity index (χ1n) is 10.8. The Kier molecular flexibility index (Phi) is 9.25. The number of unbranched alkanes of at least 4 members (excludes halogenated alkanes) is 1. The van der Waals surface area contributed by atoms with Crippen molar-refractivity contribution in [2.75, 3.05) is 36.5 Å². The molecular formula is C23H34N6O. The Morgan fingerprint density at radius 1 is 1.07 bits per heavy atom. The number of hydrogen-bond donors (Lipinski definition) is 0. The smallest absolute Gasteiger partial charge is 0.324 e. The second-order valence-electron chi connectivity index (χ2n) is 7.02. The Balaban J connectivity index is 2.35. The van der Waals surface area contributed by atoms with Crippen molar-refractivity contribution in [3.63, 3.8) is 0 Å². The van der Waals surface area contributed by atoms with E-state index in [2.05, 4.69) is 40.6 Å². The molecule has 30 heavy (non-hydrogen) atoms. The topological polar surface area (TPSA) is 64.9 Å². The quantitative estimate of drug-likeness (QED) is 0.522. The Labute approximate surface area is 180 Å². The van der Waals surface area contributed by atoms with E-state index in [1.54, 1.807) is 16.0 Å². The first-order chi connectivity index (χ1) is 14.5. The maximum absolute atomic E-state index is 13.2. The number of carbonyl (C=O) groups excluding carboxylic acids is 1. The molecule has 0 radical (unpaired) electrons. The predicted molar refractivity (Wildman–Crippen MR) is 125 cm³/mol. The van der Waals surface area contributed by atoms with E-state index in [0.717, 1.165) is 31.5 Å². The summed E-state index contributed by atoms with van der Waals surface area (Å²) in [6.45, 7) is 10.8. The maximum atomic E-state index is 13.2. The van der Waals surface area contributed by atoms with Crippen molar-refractivity contribution in [1.82, 2.24) is 14.9 Å². The van der Waals surface area contributed by atoms with E-state index in [9.17, 15) is 4.79 Å². The summed E-state index contributed by atoms with van der Waals surface area (Å²) in [6.07, 6.45) is 5.45. The second-order valence-corrected chi connectivity index (χ2v) is 7.02. The third-order valence-electron chi connectivity index (χ3n) is 4.84. The molecule has 7 heteroatoms. The summed E-state index contributed by atoms with van der Waals surface area (Å²) < 4.78 is 0. The Bertz CT molecular complexity index is 820. The number of aromatic nitrogens is 2. The third-order valence-corrected chi connectivity index (χ3v) is 4.84. The SMILES string of the molecule is CCCC=Nc1nc(N(CC)CC)ncc1N(CC)C(=O)N(C)Cc1ccccc1. The molecule has 0 N–H and O–H groups in total. The van der Waals surface area contributed by atoms with Crippen LogP contribution in [-0.4, -0.2) is 53.8 Å². The first kappa shape index (κ1) is 23.3. The molecule has 162 valence electrons. The van der Waals surface area contributed by atoms with Crippen LogP contribution in [0.4, 0.5) is 22.2 Å². The van der Waals surface area contributed by atoms with Gasteiger partial charge in [0.05, 0.1) is 6.20 Å². The van der Waals surface area contributed by atoms with E-state index in [4.69, 9.17) is 0 Å². The fourth-order valence-corrected chi connectivity index (χ4v) is 3.12. The fourth-order valence-electron chi connectivity index (χ4n) is 3.12. The molecule has 0 aliphatic rings. The minimum absolute atomic E-state index is 0.104. The Morgan fingerprint density at radius 2 is 1.77 bits per heavy atom. The van der Waals surface area contributed by atoms with Gasteiger partial charge in [-0.1, -0.05) is 43.7 Å². The van der Waals surface area contributed by atoms with Gasteiger partial charge in [-0.25, -0.2) is 14.8 Å². The van der Waals surface area contributed by atoms with Gasteiger partial charge in [-0.2, -0.15) is 4.98 Å². The molecule has 0 aliphatic carbocycles. The maximum Gasteiger partial charge on any atom is 0.324 e. The van der Waals surface area contributed by atoms with Gasteiger partial charge in [0.25, 0.3) is 0 Å². The molecule has 2 amide bonds. The van der Waals surface area contributed by atoms with Gasteiger partial charge in [-0.05, 0) is 32.8 Å². The van der Waals surface area contributed by atoms with Gasteiger partial charge < -0.3 is 9.80 Å². The first-order valence-corrected chi connectivity index (χ1v) is 10.8. The van der Waals surface area contributed by atoms with Crippen LogP contribution in [0.1, 0.15) is 46.1 Å². The number of aliphatic imine (C=N–C) groups is 1. The van der Waals surface area contributed by atoms with Crippen LogP contribution in [-0.2, 0) is 6.54 Å². The minimum Gasteiger partial charge on any atom is -0.341 e. The summed E-state index contributed by atoms with van der Waals surface area (Å²) in [5, 5.41) is 0. The normalized spacial score (nSPS) is 11.0. The average Bonchev–Trinajstić information content (AvgIpc) is 2.77. The van der Waals surface area contributed by atoms with Crippen molar-refractivity contribution < 1.29 is 4.79 Å². The van der Waals surface area contributed by atoms with Gasteiger partial charge in [0.1, 0.15) is 5.69 Å². The van der Waals surface area contributed by atoms with Gasteiger partial charge >= 0.3 is 6.03 Å². The van der Waals surface area contributed by atoms with Crippen LogP contribution in [0.3, 0.4) is 0 Å². The lowest BCUT2D eigenvalue weighted by Crippen LogP contribution is -2.41. The molecule has 2 rings (SSSR count). The van der Waals surface area contributed by atoms with Crippen molar-refractivity contribution in [3.05, 3.63) is 42.1 Å². The van der Waals surface area contributed by atoms with E-state index in [1.807, 2.05) is 50.5 Å². The summed E-state index contributed by atoms with van der Waals surface area (Å²) in [6, 6.07) is 9.86.